The van der Waals surface area contributed by atoms with E-state index in [0.717, 1.165) is 29.8 Å². The van der Waals surface area contributed by atoms with Gasteiger partial charge >= 0.3 is 0 Å². The molecule has 3 rings (SSSR count). The largest absolute Gasteiger partial charge is 0.341 e. The van der Waals surface area contributed by atoms with Gasteiger partial charge in [-0.2, -0.15) is 0 Å². The molecule has 28 heavy (non-hydrogen) atoms. The zero-order valence-electron chi connectivity index (χ0n) is 15.9. The van der Waals surface area contributed by atoms with Crippen LogP contribution in [0.2, 0.25) is 0 Å². The van der Waals surface area contributed by atoms with Crippen LogP contribution in [-0.4, -0.2) is 29.9 Å². The van der Waals surface area contributed by atoms with Crippen LogP contribution in [0, 0.1) is 17.0 Å². The standard InChI is InChI=1S/C21H24F2N2OS.ClH/c1-21(2)13-25(11-10-18(21)24)20(26)19(14-6-4-3-5-7-14)27-17-9-8-15(22)12-16(17)23;/h3-9,12,18-19H,10-11,13,24H2,1-2H3;1H. The third-order valence-electron chi connectivity index (χ3n) is 5.09. The van der Waals surface area contributed by atoms with Crippen LogP contribution in [0.25, 0.3) is 0 Å². The first-order valence-corrected chi connectivity index (χ1v) is 9.87. The molecule has 1 amide bonds. The Balaban J connectivity index is 0.00000280. The molecule has 0 radical (unpaired) electrons. The van der Waals surface area contributed by atoms with E-state index < -0.39 is 16.9 Å². The van der Waals surface area contributed by atoms with Crippen LogP contribution < -0.4 is 5.73 Å². The van der Waals surface area contributed by atoms with Crippen molar-refractivity contribution in [1.82, 2.24) is 4.90 Å². The third-order valence-corrected chi connectivity index (χ3v) is 6.38. The van der Waals surface area contributed by atoms with Crippen LogP contribution in [0.1, 0.15) is 31.1 Å². The van der Waals surface area contributed by atoms with E-state index in [1.54, 1.807) is 0 Å². The molecule has 152 valence electrons. The number of hydrogen-bond donors (Lipinski definition) is 1. The van der Waals surface area contributed by atoms with E-state index in [1.165, 1.54) is 12.1 Å². The van der Waals surface area contributed by atoms with Crippen LogP contribution in [0.15, 0.2) is 53.4 Å². The van der Waals surface area contributed by atoms with Crippen LogP contribution >= 0.6 is 24.2 Å². The zero-order chi connectivity index (χ0) is 19.6. The number of nitrogens with two attached hydrogens (primary N) is 1. The smallest absolute Gasteiger partial charge is 0.240 e. The highest BCUT2D eigenvalue weighted by molar-refractivity contribution is 8.00. The van der Waals surface area contributed by atoms with Gasteiger partial charge in [-0.3, -0.25) is 4.79 Å². The lowest BCUT2D eigenvalue weighted by atomic mass is 9.79. The van der Waals surface area contributed by atoms with Gasteiger partial charge in [0, 0.05) is 30.1 Å². The van der Waals surface area contributed by atoms with E-state index in [2.05, 4.69) is 13.8 Å². The summed E-state index contributed by atoms with van der Waals surface area (Å²) in [5.74, 6) is -1.36. The SMILES string of the molecule is CC1(C)CN(C(=O)C(Sc2ccc(F)cc2F)c2ccccc2)CCC1N.Cl. The van der Waals surface area contributed by atoms with Crippen molar-refractivity contribution in [3.63, 3.8) is 0 Å². The molecular weight excluding hydrogens is 402 g/mol. The molecule has 0 aliphatic carbocycles. The summed E-state index contributed by atoms with van der Waals surface area (Å²) in [5.41, 5.74) is 6.81. The van der Waals surface area contributed by atoms with Gasteiger partial charge in [0.1, 0.15) is 16.9 Å². The molecule has 7 heteroatoms. The van der Waals surface area contributed by atoms with Gasteiger partial charge in [-0.15, -0.1) is 24.2 Å². The van der Waals surface area contributed by atoms with Crippen LogP contribution in [0.5, 0.6) is 0 Å². The minimum Gasteiger partial charge on any atom is -0.341 e. The van der Waals surface area contributed by atoms with Gasteiger partial charge in [-0.05, 0) is 29.5 Å². The van der Waals surface area contributed by atoms with Crippen LogP contribution in [-0.2, 0) is 4.79 Å². The van der Waals surface area contributed by atoms with E-state index in [9.17, 15) is 13.6 Å². The number of carbonyl (C=O) groups is 1. The maximum absolute atomic E-state index is 14.2. The topological polar surface area (TPSA) is 46.3 Å². The van der Waals surface area contributed by atoms with Crippen molar-refractivity contribution >= 4 is 30.1 Å². The highest BCUT2D eigenvalue weighted by Gasteiger charge is 2.38. The second kappa shape index (κ2) is 9.25. The number of halogens is 3. The average molecular weight is 427 g/mol. The van der Waals surface area contributed by atoms with E-state index in [4.69, 9.17) is 5.73 Å². The lowest BCUT2D eigenvalue weighted by Crippen LogP contribution is -2.54. The molecule has 2 unspecified atom stereocenters. The van der Waals surface area contributed by atoms with Gasteiger partial charge in [0.2, 0.25) is 5.91 Å². The lowest BCUT2D eigenvalue weighted by molar-refractivity contribution is -0.134. The highest BCUT2D eigenvalue weighted by atomic mass is 35.5. The Bertz CT molecular complexity index is 819. The summed E-state index contributed by atoms with van der Waals surface area (Å²) in [4.78, 5) is 15.4. The fraction of sp³-hybridized carbons (Fsp3) is 0.381. The molecule has 1 fully saturated rings. The molecule has 0 saturated carbocycles. The summed E-state index contributed by atoms with van der Waals surface area (Å²) >= 11 is 1.12. The summed E-state index contributed by atoms with van der Waals surface area (Å²) in [5, 5.41) is -0.601. The van der Waals surface area contributed by atoms with E-state index in [1.807, 2.05) is 35.2 Å². The first kappa shape index (κ1) is 22.7. The molecule has 3 nitrogen and oxygen atoms in total. The maximum atomic E-state index is 14.2. The molecule has 2 atom stereocenters. The third kappa shape index (κ3) is 5.04. The number of likely N-dealkylation sites (tertiary alicyclic amines) is 1. The summed E-state index contributed by atoms with van der Waals surface area (Å²) in [6.45, 7) is 5.25. The van der Waals surface area contributed by atoms with Crippen LogP contribution in [0.4, 0.5) is 8.78 Å². The second-order valence-electron chi connectivity index (χ2n) is 7.63. The maximum Gasteiger partial charge on any atom is 0.240 e. The second-order valence-corrected chi connectivity index (χ2v) is 8.77. The molecule has 1 heterocycles. The number of thioether (sulfide) groups is 1. The van der Waals surface area contributed by atoms with Gasteiger partial charge in [-0.1, -0.05) is 44.2 Å². The summed E-state index contributed by atoms with van der Waals surface area (Å²) in [6.07, 6.45) is 0.732. The van der Waals surface area contributed by atoms with Crippen molar-refractivity contribution in [2.45, 2.75) is 36.5 Å². The van der Waals surface area contributed by atoms with E-state index in [0.29, 0.717) is 13.1 Å². The molecule has 2 N–H and O–H groups in total. The van der Waals surface area contributed by atoms with Crippen molar-refractivity contribution in [3.05, 3.63) is 65.7 Å². The molecule has 2 aromatic carbocycles. The van der Waals surface area contributed by atoms with Gasteiger partial charge in [-0.25, -0.2) is 8.78 Å². The molecule has 1 saturated heterocycles. The van der Waals surface area contributed by atoms with Crippen molar-refractivity contribution in [1.29, 1.82) is 0 Å². The molecule has 2 aromatic rings. The fourth-order valence-corrected chi connectivity index (χ4v) is 4.43. The first-order chi connectivity index (χ1) is 12.8. The normalized spacial score (nSPS) is 19.6. The predicted octanol–water partition coefficient (Wildman–Crippen LogP) is 4.81. The monoisotopic (exact) mass is 426 g/mol. The quantitative estimate of drug-likeness (QED) is 0.714. The molecule has 1 aliphatic rings. The van der Waals surface area contributed by atoms with Gasteiger partial charge < -0.3 is 10.6 Å². The Kier molecular flexibility index (Phi) is 7.48. The zero-order valence-corrected chi connectivity index (χ0v) is 17.5. The molecular formula is C21H25ClF2N2OS. The first-order valence-electron chi connectivity index (χ1n) is 8.99. The minimum atomic E-state index is -0.658. The Labute approximate surface area is 175 Å². The van der Waals surface area contributed by atoms with Crippen molar-refractivity contribution in [2.75, 3.05) is 13.1 Å². The van der Waals surface area contributed by atoms with Crippen molar-refractivity contribution in [2.24, 2.45) is 11.1 Å². The Morgan fingerprint density at radius 3 is 2.50 bits per heavy atom. The van der Waals surface area contributed by atoms with Gasteiger partial charge in [0.15, 0.2) is 0 Å². The van der Waals surface area contributed by atoms with Crippen molar-refractivity contribution in [3.8, 4) is 0 Å². The number of carbonyl (C=O) groups excluding carboxylic acids is 1. The highest BCUT2D eigenvalue weighted by Crippen LogP contribution is 2.39. The average Bonchev–Trinajstić information content (AvgIpc) is 2.63. The Hall–Kier alpha value is -1.63. The Morgan fingerprint density at radius 2 is 1.89 bits per heavy atom. The Morgan fingerprint density at radius 1 is 1.21 bits per heavy atom. The molecule has 0 bridgehead atoms. The number of benzene rings is 2. The number of hydrogen-bond acceptors (Lipinski definition) is 3. The van der Waals surface area contributed by atoms with Gasteiger partial charge in [0.05, 0.1) is 0 Å². The van der Waals surface area contributed by atoms with E-state index in [-0.39, 0.29) is 34.7 Å². The summed E-state index contributed by atoms with van der Waals surface area (Å²) in [6, 6.07) is 12.8. The summed E-state index contributed by atoms with van der Waals surface area (Å²) < 4.78 is 27.4. The predicted molar refractivity (Wildman–Crippen MR) is 112 cm³/mol. The number of nitrogens with zero attached hydrogens (tertiary/aromatic N) is 1. The van der Waals surface area contributed by atoms with Gasteiger partial charge in [0.25, 0.3) is 0 Å². The fourth-order valence-electron chi connectivity index (χ4n) is 3.31. The van der Waals surface area contributed by atoms with Crippen molar-refractivity contribution < 1.29 is 13.6 Å². The lowest BCUT2D eigenvalue weighted by Gasteiger charge is -2.43. The molecule has 1 aliphatic heterocycles. The van der Waals surface area contributed by atoms with E-state index >= 15 is 0 Å². The molecule has 0 aromatic heterocycles. The number of piperidine rings is 1. The minimum absolute atomic E-state index is 0. The molecule has 0 spiro atoms. The summed E-state index contributed by atoms with van der Waals surface area (Å²) in [7, 11) is 0. The van der Waals surface area contributed by atoms with Crippen LogP contribution in [0.3, 0.4) is 0 Å². The number of rotatable bonds is 4. The number of amides is 1.